The summed E-state index contributed by atoms with van der Waals surface area (Å²) in [5.41, 5.74) is 3.46. The molecule has 1 atom stereocenters. The van der Waals surface area contributed by atoms with Gasteiger partial charge >= 0.3 is 0 Å². The minimum Gasteiger partial charge on any atom is -0.328 e. The summed E-state index contributed by atoms with van der Waals surface area (Å²) in [4.78, 5) is 22.2. The van der Waals surface area contributed by atoms with Crippen molar-refractivity contribution < 1.29 is 4.79 Å². The van der Waals surface area contributed by atoms with Gasteiger partial charge in [-0.25, -0.2) is 4.68 Å². The molecule has 0 spiro atoms. The molecule has 7 nitrogen and oxygen atoms in total. The van der Waals surface area contributed by atoms with Gasteiger partial charge in [-0.3, -0.25) is 9.78 Å². The van der Waals surface area contributed by atoms with E-state index < -0.39 is 6.04 Å². The summed E-state index contributed by atoms with van der Waals surface area (Å²) in [6.07, 6.45) is 3.25. The third-order valence-electron chi connectivity index (χ3n) is 5.30. The summed E-state index contributed by atoms with van der Waals surface area (Å²) >= 11 is 12.2. The molecule has 4 aromatic rings. The smallest absolute Gasteiger partial charge is 0.255 e. The van der Waals surface area contributed by atoms with Crippen LogP contribution in [0.1, 0.15) is 18.5 Å². The number of carbonyl (C=O) groups is 1. The van der Waals surface area contributed by atoms with E-state index in [0.717, 1.165) is 11.1 Å². The molecule has 2 aromatic carbocycles. The number of halogens is 2. The number of nitrogens with one attached hydrogen (secondary N) is 2. The van der Waals surface area contributed by atoms with E-state index in [0.29, 0.717) is 38.8 Å². The summed E-state index contributed by atoms with van der Waals surface area (Å²) in [6.45, 7) is 1.85. The van der Waals surface area contributed by atoms with Crippen molar-refractivity contribution in [2.24, 2.45) is 0 Å². The van der Waals surface area contributed by atoms with Crippen LogP contribution in [0.15, 0.2) is 84.3 Å². The number of allylic oxidation sites excluding steroid dienone is 1. The first-order valence-corrected chi connectivity index (χ1v) is 10.9. The van der Waals surface area contributed by atoms with E-state index >= 15 is 0 Å². The lowest BCUT2D eigenvalue weighted by atomic mass is 9.95. The Balaban J connectivity index is 1.60. The average molecular weight is 477 g/mol. The number of nitrogens with zero attached hydrogens (tertiary/aromatic N) is 4. The fraction of sp³-hybridized carbons (Fsp3) is 0.0833. The average Bonchev–Trinajstić information content (AvgIpc) is 3.23. The van der Waals surface area contributed by atoms with Gasteiger partial charge in [0.25, 0.3) is 5.91 Å². The molecule has 1 aliphatic heterocycles. The maximum absolute atomic E-state index is 13.4. The zero-order valence-electron chi connectivity index (χ0n) is 17.5. The number of hydrogen-bond donors (Lipinski definition) is 2. The third kappa shape index (κ3) is 4.20. The van der Waals surface area contributed by atoms with Gasteiger partial charge in [0.1, 0.15) is 6.04 Å². The number of benzene rings is 2. The van der Waals surface area contributed by atoms with Crippen molar-refractivity contribution >= 4 is 40.7 Å². The lowest BCUT2D eigenvalue weighted by molar-refractivity contribution is -0.113. The van der Waals surface area contributed by atoms with Crippen molar-refractivity contribution in [2.75, 3.05) is 10.6 Å². The molecule has 1 unspecified atom stereocenters. The van der Waals surface area contributed by atoms with Gasteiger partial charge < -0.3 is 10.6 Å². The van der Waals surface area contributed by atoms with E-state index in [1.165, 1.54) is 0 Å². The van der Waals surface area contributed by atoms with Gasteiger partial charge in [0.2, 0.25) is 5.95 Å². The van der Waals surface area contributed by atoms with Gasteiger partial charge in [-0.2, -0.15) is 4.98 Å². The van der Waals surface area contributed by atoms with E-state index in [-0.39, 0.29) is 5.91 Å². The number of anilines is 2. The minimum atomic E-state index is -0.510. The first-order chi connectivity index (χ1) is 16.0. The summed E-state index contributed by atoms with van der Waals surface area (Å²) in [7, 11) is 0. The van der Waals surface area contributed by atoms with Crippen LogP contribution in [-0.2, 0) is 4.79 Å². The molecular weight excluding hydrogens is 459 g/mol. The normalized spacial score (nSPS) is 15.1. The van der Waals surface area contributed by atoms with Gasteiger partial charge in [-0.15, -0.1) is 5.10 Å². The largest absolute Gasteiger partial charge is 0.328 e. The highest BCUT2D eigenvalue weighted by Crippen LogP contribution is 2.37. The van der Waals surface area contributed by atoms with Crippen molar-refractivity contribution in [3.05, 3.63) is 99.9 Å². The number of rotatable bonds is 4. The lowest BCUT2D eigenvalue weighted by Gasteiger charge is -2.28. The quantitative estimate of drug-likeness (QED) is 0.401. The summed E-state index contributed by atoms with van der Waals surface area (Å²) in [6, 6.07) is 17.7. The fourth-order valence-corrected chi connectivity index (χ4v) is 4.01. The van der Waals surface area contributed by atoms with Gasteiger partial charge in [0.15, 0.2) is 5.82 Å². The second-order valence-electron chi connectivity index (χ2n) is 7.52. The maximum atomic E-state index is 13.4. The highest BCUT2D eigenvalue weighted by molar-refractivity contribution is 6.30. The highest BCUT2D eigenvalue weighted by atomic mass is 35.5. The van der Waals surface area contributed by atoms with Crippen LogP contribution >= 0.6 is 23.2 Å². The minimum absolute atomic E-state index is 0.262. The number of fused-ring (bicyclic) bond motifs is 1. The second kappa shape index (κ2) is 8.69. The monoisotopic (exact) mass is 476 g/mol. The van der Waals surface area contributed by atoms with Crippen molar-refractivity contribution in [1.82, 2.24) is 19.7 Å². The molecule has 3 heterocycles. The van der Waals surface area contributed by atoms with E-state index in [1.807, 2.05) is 31.2 Å². The van der Waals surface area contributed by atoms with E-state index in [9.17, 15) is 4.79 Å². The van der Waals surface area contributed by atoms with Crippen LogP contribution in [-0.4, -0.2) is 25.7 Å². The molecule has 9 heteroatoms. The van der Waals surface area contributed by atoms with Crippen molar-refractivity contribution in [3.63, 3.8) is 0 Å². The molecule has 0 bridgehead atoms. The van der Waals surface area contributed by atoms with E-state index in [4.69, 9.17) is 28.3 Å². The van der Waals surface area contributed by atoms with Crippen LogP contribution in [0.4, 0.5) is 11.6 Å². The zero-order valence-corrected chi connectivity index (χ0v) is 19.0. The van der Waals surface area contributed by atoms with Crippen molar-refractivity contribution in [3.8, 4) is 11.4 Å². The molecule has 1 aliphatic rings. The van der Waals surface area contributed by atoms with Gasteiger partial charge in [-0.05, 0) is 61.0 Å². The predicted octanol–water partition coefficient (Wildman–Crippen LogP) is 5.57. The molecular formula is C24H18Cl2N6O. The summed E-state index contributed by atoms with van der Waals surface area (Å²) in [5, 5.41) is 12.1. The molecule has 1 amide bonds. The number of hydrogen-bond acceptors (Lipinski definition) is 5. The maximum Gasteiger partial charge on any atom is 0.255 e. The second-order valence-corrected chi connectivity index (χ2v) is 8.40. The third-order valence-corrected chi connectivity index (χ3v) is 5.81. The standard InChI is InChI=1S/C24H18Cl2N6O/c1-14-20(23(33)29-19-3-2-12-27-13-19)21(15-4-8-17(25)9-5-15)32-24(28-14)30-22(31-32)16-6-10-18(26)11-7-16/h2-13,21H,1H3,(H,29,33)(H,28,30,31). The molecule has 0 fully saturated rings. The van der Waals surface area contributed by atoms with E-state index in [1.54, 1.807) is 53.5 Å². The van der Waals surface area contributed by atoms with Crippen LogP contribution in [0, 0.1) is 0 Å². The Kier molecular flexibility index (Phi) is 5.58. The summed E-state index contributed by atoms with van der Waals surface area (Å²) in [5.74, 6) is 0.798. The van der Waals surface area contributed by atoms with Crippen LogP contribution < -0.4 is 10.6 Å². The van der Waals surface area contributed by atoms with Gasteiger partial charge in [-0.1, -0.05) is 35.3 Å². The number of aromatic nitrogens is 4. The number of carbonyl (C=O) groups excluding carboxylic acids is 1. The van der Waals surface area contributed by atoms with Crippen molar-refractivity contribution in [2.45, 2.75) is 13.0 Å². The molecule has 2 aromatic heterocycles. The Morgan fingerprint density at radius 3 is 2.39 bits per heavy atom. The lowest BCUT2D eigenvalue weighted by Crippen LogP contribution is -2.31. The molecule has 0 aliphatic carbocycles. The zero-order chi connectivity index (χ0) is 22.9. The molecule has 0 saturated heterocycles. The molecule has 164 valence electrons. The van der Waals surface area contributed by atoms with Gasteiger partial charge in [0, 0.05) is 27.5 Å². The van der Waals surface area contributed by atoms with Crippen LogP contribution in [0.5, 0.6) is 0 Å². The molecule has 0 radical (unpaired) electrons. The number of amides is 1. The van der Waals surface area contributed by atoms with Crippen LogP contribution in [0.3, 0.4) is 0 Å². The fourth-order valence-electron chi connectivity index (χ4n) is 3.75. The molecule has 5 rings (SSSR count). The number of pyridine rings is 1. The topological polar surface area (TPSA) is 84.7 Å². The van der Waals surface area contributed by atoms with Gasteiger partial charge in [0.05, 0.1) is 17.5 Å². The first-order valence-electron chi connectivity index (χ1n) is 10.2. The van der Waals surface area contributed by atoms with Crippen LogP contribution in [0.2, 0.25) is 10.0 Å². The van der Waals surface area contributed by atoms with Crippen molar-refractivity contribution in [1.29, 1.82) is 0 Å². The Labute approximate surface area is 200 Å². The Morgan fingerprint density at radius 1 is 1.03 bits per heavy atom. The Hall–Kier alpha value is -3.68. The summed E-state index contributed by atoms with van der Waals surface area (Å²) < 4.78 is 1.72. The Morgan fingerprint density at radius 2 is 1.73 bits per heavy atom. The highest BCUT2D eigenvalue weighted by Gasteiger charge is 2.34. The SMILES string of the molecule is CC1=C(C(=O)Nc2cccnc2)C(c2ccc(Cl)cc2)n2nc(-c3ccc(Cl)cc3)nc2N1. The predicted molar refractivity (Wildman–Crippen MR) is 129 cm³/mol. The Bertz CT molecular complexity index is 1350. The van der Waals surface area contributed by atoms with E-state index in [2.05, 4.69) is 20.6 Å². The molecule has 0 saturated carbocycles. The van der Waals surface area contributed by atoms with Crippen LogP contribution in [0.25, 0.3) is 11.4 Å². The molecule has 2 N–H and O–H groups in total. The molecule has 33 heavy (non-hydrogen) atoms. The first kappa shape index (κ1) is 21.2.